The standard InChI is InChI=1S/C16H12ClN3OS/c17-12-7-10-6-11-9-20(16(21)14-2-1-5-22-14)4-3-13(11)19-15(10)18-8-12/h1-2,5-8H,3-4,9H2. The van der Waals surface area contributed by atoms with Gasteiger partial charge >= 0.3 is 0 Å². The summed E-state index contributed by atoms with van der Waals surface area (Å²) in [5, 5.41) is 3.43. The molecule has 110 valence electrons. The summed E-state index contributed by atoms with van der Waals surface area (Å²) in [5.74, 6) is 0.0879. The Balaban J connectivity index is 1.69. The van der Waals surface area contributed by atoms with E-state index in [1.165, 1.54) is 11.3 Å². The van der Waals surface area contributed by atoms with Crippen molar-refractivity contribution >= 4 is 39.9 Å². The Morgan fingerprint density at radius 2 is 2.27 bits per heavy atom. The number of aromatic nitrogens is 2. The SMILES string of the molecule is O=C(c1cccs1)N1CCc2nc3ncc(Cl)cc3cc2C1. The molecule has 4 nitrogen and oxygen atoms in total. The molecule has 4 rings (SSSR count). The van der Waals surface area contributed by atoms with E-state index in [4.69, 9.17) is 11.6 Å². The molecule has 0 atom stereocenters. The third-order valence-electron chi connectivity index (χ3n) is 3.80. The van der Waals surface area contributed by atoms with Crippen molar-refractivity contribution in [1.29, 1.82) is 0 Å². The van der Waals surface area contributed by atoms with Crippen LogP contribution >= 0.6 is 22.9 Å². The number of pyridine rings is 2. The fourth-order valence-corrected chi connectivity index (χ4v) is 3.58. The molecule has 0 unspecified atom stereocenters. The lowest BCUT2D eigenvalue weighted by Gasteiger charge is -2.28. The minimum Gasteiger partial charge on any atom is -0.333 e. The van der Waals surface area contributed by atoms with Crippen LogP contribution in [0.4, 0.5) is 0 Å². The Labute approximate surface area is 136 Å². The van der Waals surface area contributed by atoms with Gasteiger partial charge in [-0.15, -0.1) is 11.3 Å². The van der Waals surface area contributed by atoms with E-state index in [9.17, 15) is 4.79 Å². The lowest BCUT2D eigenvalue weighted by molar-refractivity contribution is 0.0738. The third-order valence-corrected chi connectivity index (χ3v) is 4.87. The summed E-state index contributed by atoms with van der Waals surface area (Å²) >= 11 is 7.47. The zero-order valence-electron chi connectivity index (χ0n) is 11.6. The molecule has 6 heteroatoms. The minimum atomic E-state index is 0.0879. The van der Waals surface area contributed by atoms with Crippen LogP contribution in [-0.2, 0) is 13.0 Å². The maximum atomic E-state index is 12.5. The van der Waals surface area contributed by atoms with E-state index in [2.05, 4.69) is 9.97 Å². The number of hydrogen-bond acceptors (Lipinski definition) is 4. The highest BCUT2D eigenvalue weighted by Gasteiger charge is 2.23. The van der Waals surface area contributed by atoms with E-state index < -0.39 is 0 Å². The fraction of sp³-hybridized carbons (Fsp3) is 0.188. The molecular weight excluding hydrogens is 318 g/mol. The van der Waals surface area contributed by atoms with E-state index in [0.717, 1.165) is 27.9 Å². The number of nitrogens with zero attached hydrogens (tertiary/aromatic N) is 3. The topological polar surface area (TPSA) is 46.1 Å². The molecule has 0 bridgehead atoms. The summed E-state index contributed by atoms with van der Waals surface area (Å²) in [6.45, 7) is 1.28. The highest BCUT2D eigenvalue weighted by atomic mass is 35.5. The van der Waals surface area contributed by atoms with Crippen LogP contribution in [0.3, 0.4) is 0 Å². The molecular formula is C16H12ClN3OS. The molecule has 0 spiro atoms. The second kappa shape index (κ2) is 5.34. The number of thiophene rings is 1. The van der Waals surface area contributed by atoms with Crippen LogP contribution in [0.15, 0.2) is 35.8 Å². The molecule has 0 N–H and O–H groups in total. The summed E-state index contributed by atoms with van der Waals surface area (Å²) in [6.07, 6.45) is 2.37. The van der Waals surface area contributed by atoms with Crippen molar-refractivity contribution in [3.63, 3.8) is 0 Å². The van der Waals surface area contributed by atoms with E-state index in [1.54, 1.807) is 6.20 Å². The van der Waals surface area contributed by atoms with Gasteiger partial charge in [-0.1, -0.05) is 17.7 Å². The molecule has 1 amide bonds. The van der Waals surface area contributed by atoms with Crippen molar-refractivity contribution < 1.29 is 4.79 Å². The van der Waals surface area contributed by atoms with Gasteiger partial charge in [-0.05, 0) is 29.1 Å². The van der Waals surface area contributed by atoms with Gasteiger partial charge in [-0.25, -0.2) is 9.97 Å². The predicted molar refractivity (Wildman–Crippen MR) is 87.3 cm³/mol. The second-order valence-electron chi connectivity index (χ2n) is 5.25. The van der Waals surface area contributed by atoms with Crippen molar-refractivity contribution in [1.82, 2.24) is 14.9 Å². The Hall–Kier alpha value is -1.98. The van der Waals surface area contributed by atoms with Crippen molar-refractivity contribution in [2.75, 3.05) is 6.54 Å². The van der Waals surface area contributed by atoms with Crippen molar-refractivity contribution in [3.05, 3.63) is 57.0 Å². The molecule has 0 fully saturated rings. The number of carbonyl (C=O) groups is 1. The van der Waals surface area contributed by atoms with Crippen LogP contribution in [-0.4, -0.2) is 27.3 Å². The Morgan fingerprint density at radius 3 is 3.09 bits per heavy atom. The van der Waals surface area contributed by atoms with E-state index in [-0.39, 0.29) is 5.91 Å². The zero-order valence-corrected chi connectivity index (χ0v) is 13.2. The lowest BCUT2D eigenvalue weighted by Crippen LogP contribution is -2.36. The van der Waals surface area contributed by atoms with Gasteiger partial charge < -0.3 is 4.90 Å². The van der Waals surface area contributed by atoms with Gasteiger partial charge in [0, 0.05) is 36.8 Å². The van der Waals surface area contributed by atoms with Crippen molar-refractivity contribution in [3.8, 4) is 0 Å². The fourth-order valence-electron chi connectivity index (χ4n) is 2.73. The van der Waals surface area contributed by atoms with Crippen molar-refractivity contribution in [2.24, 2.45) is 0 Å². The van der Waals surface area contributed by atoms with Gasteiger partial charge in [-0.2, -0.15) is 0 Å². The predicted octanol–water partition coefficient (Wildman–Crippen LogP) is 3.54. The normalized spacial score (nSPS) is 14.1. The van der Waals surface area contributed by atoms with Gasteiger partial charge in [0.25, 0.3) is 5.91 Å². The number of fused-ring (bicyclic) bond motifs is 2. The number of carbonyl (C=O) groups excluding carboxylic acids is 1. The van der Waals surface area contributed by atoms with Gasteiger partial charge in [0.15, 0.2) is 5.65 Å². The highest BCUT2D eigenvalue weighted by Crippen LogP contribution is 2.25. The minimum absolute atomic E-state index is 0.0879. The van der Waals surface area contributed by atoms with Crippen LogP contribution in [0, 0.1) is 0 Å². The largest absolute Gasteiger partial charge is 0.333 e. The molecule has 0 aliphatic carbocycles. The van der Waals surface area contributed by atoms with Crippen LogP contribution < -0.4 is 0 Å². The van der Waals surface area contributed by atoms with Gasteiger partial charge in [0.05, 0.1) is 9.90 Å². The highest BCUT2D eigenvalue weighted by molar-refractivity contribution is 7.12. The first-order chi connectivity index (χ1) is 10.7. The molecule has 0 radical (unpaired) electrons. The van der Waals surface area contributed by atoms with Gasteiger partial charge in [-0.3, -0.25) is 4.79 Å². The Morgan fingerprint density at radius 1 is 1.36 bits per heavy atom. The molecule has 4 heterocycles. The first-order valence-corrected chi connectivity index (χ1v) is 8.23. The van der Waals surface area contributed by atoms with Crippen molar-refractivity contribution in [2.45, 2.75) is 13.0 Å². The number of hydrogen-bond donors (Lipinski definition) is 0. The third kappa shape index (κ3) is 2.36. The molecule has 1 aliphatic heterocycles. The monoisotopic (exact) mass is 329 g/mol. The summed E-state index contributed by atoms with van der Waals surface area (Å²) < 4.78 is 0. The maximum Gasteiger partial charge on any atom is 0.264 e. The van der Waals surface area contributed by atoms with Crippen LogP contribution in [0.2, 0.25) is 5.02 Å². The Kier molecular flexibility index (Phi) is 3.32. The Bertz CT molecular complexity index is 863. The first kappa shape index (κ1) is 13.7. The van der Waals surface area contributed by atoms with E-state index in [1.807, 2.05) is 34.5 Å². The molecule has 22 heavy (non-hydrogen) atoms. The smallest absolute Gasteiger partial charge is 0.264 e. The average Bonchev–Trinajstić information content (AvgIpc) is 3.06. The molecule has 3 aromatic heterocycles. The van der Waals surface area contributed by atoms with E-state index in [0.29, 0.717) is 23.8 Å². The lowest BCUT2D eigenvalue weighted by atomic mass is 10.0. The average molecular weight is 330 g/mol. The molecule has 0 saturated heterocycles. The number of halogens is 1. The van der Waals surface area contributed by atoms with E-state index >= 15 is 0 Å². The first-order valence-electron chi connectivity index (χ1n) is 6.97. The molecule has 0 saturated carbocycles. The van der Waals surface area contributed by atoms with Crippen LogP contribution in [0.5, 0.6) is 0 Å². The molecule has 0 aromatic carbocycles. The summed E-state index contributed by atoms with van der Waals surface area (Å²) in [6, 6.07) is 7.67. The maximum absolute atomic E-state index is 12.5. The second-order valence-corrected chi connectivity index (χ2v) is 6.63. The summed E-state index contributed by atoms with van der Waals surface area (Å²) in [4.78, 5) is 24.0. The van der Waals surface area contributed by atoms with Crippen LogP contribution in [0.25, 0.3) is 11.0 Å². The molecule has 1 aliphatic rings. The quantitative estimate of drug-likeness (QED) is 0.686. The number of rotatable bonds is 1. The van der Waals surface area contributed by atoms with Gasteiger partial charge in [0.1, 0.15) is 0 Å². The summed E-state index contributed by atoms with van der Waals surface area (Å²) in [7, 11) is 0. The number of amides is 1. The van der Waals surface area contributed by atoms with Gasteiger partial charge in [0.2, 0.25) is 0 Å². The zero-order chi connectivity index (χ0) is 15.1. The molecule has 3 aromatic rings. The summed E-state index contributed by atoms with van der Waals surface area (Å²) in [5.41, 5.74) is 2.81. The van der Waals surface area contributed by atoms with Crippen LogP contribution in [0.1, 0.15) is 20.9 Å².